The highest BCUT2D eigenvalue weighted by Gasteiger charge is 2.34. The molecule has 0 bridgehead atoms. The predicted molar refractivity (Wildman–Crippen MR) is 148 cm³/mol. The Hall–Kier alpha value is -4.40. The molecule has 2 aliphatic rings. The largest absolute Gasteiger partial charge is 0.573 e. The van der Waals surface area contributed by atoms with Gasteiger partial charge in [-0.1, -0.05) is 0 Å². The number of likely N-dealkylation sites (N-methyl/N-ethyl adjacent to an activating group) is 1. The summed E-state index contributed by atoms with van der Waals surface area (Å²) in [6.07, 6.45) is -1.71. The van der Waals surface area contributed by atoms with Crippen LogP contribution in [0.1, 0.15) is 36.7 Å². The molecule has 0 saturated carbocycles. The maximum Gasteiger partial charge on any atom is 0.573 e. The Labute approximate surface area is 245 Å². The van der Waals surface area contributed by atoms with Crippen molar-refractivity contribution in [3.8, 4) is 11.6 Å². The number of hydrogen-bond acceptors (Lipinski definition) is 9. The molecule has 2 amide bonds. The third kappa shape index (κ3) is 6.98. The van der Waals surface area contributed by atoms with Gasteiger partial charge in [0.2, 0.25) is 5.95 Å². The van der Waals surface area contributed by atoms with Crippen LogP contribution in [0.5, 0.6) is 5.75 Å². The lowest BCUT2D eigenvalue weighted by Crippen LogP contribution is -2.44. The zero-order chi connectivity index (χ0) is 31.1. The maximum absolute atomic E-state index is 15.0. The summed E-state index contributed by atoms with van der Waals surface area (Å²) in [6, 6.07) is 4.24. The van der Waals surface area contributed by atoms with Gasteiger partial charge in [-0.3, -0.25) is 4.79 Å². The summed E-state index contributed by atoms with van der Waals surface area (Å²) in [5, 5.41) is 2.73. The number of benzene rings is 1. The highest BCUT2D eigenvalue weighted by Crippen LogP contribution is 2.36. The second kappa shape index (κ2) is 11.4. The number of nitrogens with one attached hydrogen (secondary N) is 1. The van der Waals surface area contributed by atoms with Crippen LogP contribution in [0.15, 0.2) is 36.8 Å². The van der Waals surface area contributed by atoms with Crippen molar-refractivity contribution in [3.63, 3.8) is 0 Å². The molecular formula is C28H31F4N7O4. The first-order valence-corrected chi connectivity index (χ1v) is 13.6. The fourth-order valence-electron chi connectivity index (χ4n) is 4.79. The summed E-state index contributed by atoms with van der Waals surface area (Å²) in [6.45, 7) is 8.06. The fraction of sp³-hybridized carbons (Fsp3) is 0.429. The third-order valence-electron chi connectivity index (χ3n) is 6.88. The third-order valence-corrected chi connectivity index (χ3v) is 6.88. The summed E-state index contributed by atoms with van der Waals surface area (Å²) in [7, 11) is 1.99. The number of alkyl halides is 3. The van der Waals surface area contributed by atoms with Gasteiger partial charge in [-0.05, 0) is 58.0 Å². The number of ether oxygens (including phenoxy) is 2. The van der Waals surface area contributed by atoms with E-state index in [-0.39, 0.29) is 29.6 Å². The van der Waals surface area contributed by atoms with Gasteiger partial charge in [-0.25, -0.2) is 19.1 Å². The van der Waals surface area contributed by atoms with Crippen LogP contribution in [0, 0.1) is 5.82 Å². The van der Waals surface area contributed by atoms with Crippen LogP contribution in [-0.2, 0) is 11.2 Å². The zero-order valence-electron chi connectivity index (χ0n) is 24.0. The average molecular weight is 606 g/mol. The molecule has 1 aromatic carbocycles. The minimum Gasteiger partial charge on any atom is -0.443 e. The summed E-state index contributed by atoms with van der Waals surface area (Å²) in [4.78, 5) is 38.9. The number of halogens is 4. The molecule has 0 unspecified atom stereocenters. The van der Waals surface area contributed by atoms with Crippen molar-refractivity contribution in [3.05, 3.63) is 53.7 Å². The van der Waals surface area contributed by atoms with Crippen LogP contribution in [-0.4, -0.2) is 88.1 Å². The number of amides is 2. The number of aromatic nitrogens is 3. The zero-order valence-corrected chi connectivity index (χ0v) is 24.0. The number of hydrogen-bond donors (Lipinski definition) is 1. The molecule has 4 heterocycles. The first-order chi connectivity index (χ1) is 20.2. The van der Waals surface area contributed by atoms with Gasteiger partial charge in [0.05, 0.1) is 17.4 Å². The monoisotopic (exact) mass is 605 g/mol. The Kier molecular flexibility index (Phi) is 7.94. The minimum atomic E-state index is -4.95. The lowest BCUT2D eigenvalue weighted by atomic mass is 10.1. The Morgan fingerprint density at radius 1 is 1.05 bits per heavy atom. The van der Waals surface area contributed by atoms with E-state index in [4.69, 9.17) is 4.74 Å². The molecule has 3 aromatic rings. The van der Waals surface area contributed by atoms with E-state index in [1.54, 1.807) is 20.8 Å². The van der Waals surface area contributed by atoms with Gasteiger partial charge < -0.3 is 29.2 Å². The van der Waals surface area contributed by atoms with E-state index in [1.807, 2.05) is 11.9 Å². The van der Waals surface area contributed by atoms with Crippen LogP contribution in [0.25, 0.3) is 5.82 Å². The smallest absolute Gasteiger partial charge is 0.443 e. The lowest BCUT2D eigenvalue weighted by Gasteiger charge is -2.34. The molecule has 1 fully saturated rings. The Bertz CT molecular complexity index is 1530. The number of nitrogens with zero attached hydrogens (tertiary/aromatic N) is 6. The van der Waals surface area contributed by atoms with Crippen LogP contribution in [0.2, 0.25) is 0 Å². The van der Waals surface area contributed by atoms with Crippen LogP contribution >= 0.6 is 0 Å². The van der Waals surface area contributed by atoms with Crippen LogP contribution in [0.4, 0.5) is 39.7 Å². The number of carbonyl (C=O) groups excluding carboxylic acids is 2. The van der Waals surface area contributed by atoms with Crippen molar-refractivity contribution in [2.24, 2.45) is 0 Å². The van der Waals surface area contributed by atoms with E-state index in [0.717, 1.165) is 24.2 Å². The van der Waals surface area contributed by atoms with Gasteiger partial charge in [0, 0.05) is 50.8 Å². The van der Waals surface area contributed by atoms with Crippen molar-refractivity contribution in [2.75, 3.05) is 50.0 Å². The number of fused-ring (bicyclic) bond motifs is 1. The molecule has 11 nitrogen and oxygen atoms in total. The number of carbonyl (C=O) groups is 2. The quantitative estimate of drug-likeness (QED) is 0.413. The molecule has 0 spiro atoms. The molecule has 0 radical (unpaired) electrons. The summed E-state index contributed by atoms with van der Waals surface area (Å²) in [5.41, 5.74) is 0.537. The van der Waals surface area contributed by atoms with Crippen molar-refractivity contribution in [2.45, 2.75) is 39.2 Å². The van der Waals surface area contributed by atoms with E-state index in [9.17, 15) is 27.2 Å². The number of imide groups is 1. The lowest BCUT2D eigenvalue weighted by molar-refractivity contribution is -0.274. The van der Waals surface area contributed by atoms with Gasteiger partial charge in [-0.2, -0.15) is 4.98 Å². The Morgan fingerprint density at radius 3 is 2.44 bits per heavy atom. The number of anilines is 3. The standard InChI is InChI=1S/C28H31F4N7O4/c1-27(2,3)43-26(41)39-8-7-17-15-38(16-19(17)24(39)40)23-20(29)14-33-25(35-23)34-21-13-18(37-11-9-36(4)10-12-37)5-6-22(21)42-28(30,31)32/h5-6,13-16H,7-12H2,1-4H3,(H,33,34,35). The van der Waals surface area contributed by atoms with Crippen molar-refractivity contribution >= 4 is 29.3 Å². The second-order valence-corrected chi connectivity index (χ2v) is 11.3. The average Bonchev–Trinajstić information content (AvgIpc) is 3.35. The molecule has 43 heavy (non-hydrogen) atoms. The van der Waals surface area contributed by atoms with Gasteiger partial charge in [0.25, 0.3) is 5.91 Å². The maximum atomic E-state index is 15.0. The summed E-state index contributed by atoms with van der Waals surface area (Å²) in [5.74, 6) is -2.41. The van der Waals surface area contributed by atoms with Gasteiger partial charge in [0.1, 0.15) is 5.60 Å². The van der Waals surface area contributed by atoms with E-state index >= 15 is 0 Å². The second-order valence-electron chi connectivity index (χ2n) is 11.3. The van der Waals surface area contributed by atoms with E-state index in [2.05, 4.69) is 24.9 Å². The van der Waals surface area contributed by atoms with Gasteiger partial charge >= 0.3 is 12.5 Å². The Balaban J connectivity index is 1.43. The van der Waals surface area contributed by atoms with Crippen molar-refractivity contribution in [1.82, 2.24) is 24.3 Å². The van der Waals surface area contributed by atoms with E-state index in [1.165, 1.54) is 35.2 Å². The molecule has 0 atom stereocenters. The molecule has 0 aliphatic carbocycles. The minimum absolute atomic E-state index is 0.0682. The van der Waals surface area contributed by atoms with E-state index in [0.29, 0.717) is 30.8 Å². The highest BCUT2D eigenvalue weighted by molar-refractivity contribution is 6.04. The molecule has 15 heteroatoms. The summed E-state index contributed by atoms with van der Waals surface area (Å²) >= 11 is 0. The predicted octanol–water partition coefficient (Wildman–Crippen LogP) is 4.73. The molecular weight excluding hydrogens is 574 g/mol. The number of rotatable bonds is 5. The first-order valence-electron chi connectivity index (χ1n) is 13.6. The normalized spacial score (nSPS) is 16.2. The van der Waals surface area contributed by atoms with Gasteiger partial charge in [0.15, 0.2) is 17.4 Å². The first kappa shape index (κ1) is 30.1. The SMILES string of the molecule is CN1CCN(c2ccc(OC(F)(F)F)c(Nc3ncc(F)c(-n4cc5c(c4)C(=O)N(C(=O)OC(C)(C)C)CC5)n3)c2)CC1. The Morgan fingerprint density at radius 2 is 1.77 bits per heavy atom. The molecule has 230 valence electrons. The van der Waals surface area contributed by atoms with Crippen molar-refractivity contribution < 1.29 is 36.6 Å². The fourth-order valence-corrected chi connectivity index (χ4v) is 4.79. The topological polar surface area (TPSA) is 105 Å². The highest BCUT2D eigenvalue weighted by atomic mass is 19.4. The number of piperazine rings is 1. The van der Waals surface area contributed by atoms with Crippen LogP contribution < -0.4 is 15.0 Å². The summed E-state index contributed by atoms with van der Waals surface area (Å²) < 4.78 is 65.3. The van der Waals surface area contributed by atoms with E-state index < -0.39 is 35.5 Å². The molecule has 2 aromatic heterocycles. The molecule has 1 saturated heterocycles. The molecule has 1 N–H and O–H groups in total. The van der Waals surface area contributed by atoms with Crippen LogP contribution in [0.3, 0.4) is 0 Å². The van der Waals surface area contributed by atoms with Crippen molar-refractivity contribution in [1.29, 1.82) is 0 Å². The molecule has 5 rings (SSSR count). The van der Waals surface area contributed by atoms with Gasteiger partial charge in [-0.15, -0.1) is 13.2 Å². The molecule has 2 aliphatic heterocycles.